The third-order valence-corrected chi connectivity index (χ3v) is 13.5. The van der Waals surface area contributed by atoms with Gasteiger partial charge in [-0.1, -0.05) is 0 Å². The topological polar surface area (TPSA) is 177 Å². The number of piperazine rings is 1. The van der Waals surface area contributed by atoms with Crippen molar-refractivity contribution < 1.29 is 28.7 Å². The molecule has 60 heavy (non-hydrogen) atoms. The summed E-state index contributed by atoms with van der Waals surface area (Å²) in [5.41, 5.74) is 3.89. The number of anilines is 2. The van der Waals surface area contributed by atoms with E-state index in [0.29, 0.717) is 43.2 Å². The lowest BCUT2D eigenvalue weighted by molar-refractivity contribution is -0.138. The molecule has 2 aromatic carbocycles. The highest BCUT2D eigenvalue weighted by Gasteiger charge is 2.45. The fourth-order valence-corrected chi connectivity index (χ4v) is 9.64. The molecule has 5 aliphatic heterocycles. The zero-order chi connectivity index (χ0) is 41.1. The first-order valence-electron chi connectivity index (χ1n) is 21.5. The Labute approximate surface area is 347 Å². The maximum Gasteiger partial charge on any atom is 0.262 e. The van der Waals surface area contributed by atoms with Gasteiger partial charge in [-0.15, -0.1) is 0 Å². The van der Waals surface area contributed by atoms with Gasteiger partial charge in [0.05, 0.1) is 28.0 Å². The lowest BCUT2D eigenvalue weighted by Gasteiger charge is -2.40. The van der Waals surface area contributed by atoms with Crippen LogP contribution in [0.15, 0.2) is 48.8 Å². The van der Waals surface area contributed by atoms with Crippen LogP contribution >= 0.6 is 0 Å². The Morgan fingerprint density at radius 2 is 1.58 bits per heavy atom. The highest BCUT2D eigenvalue weighted by Crippen LogP contribution is 2.41. The van der Waals surface area contributed by atoms with Crippen LogP contribution in [0.3, 0.4) is 0 Å². The van der Waals surface area contributed by atoms with E-state index >= 15 is 0 Å². The largest absolute Gasteiger partial charge is 0.488 e. The molecule has 4 aromatic rings. The van der Waals surface area contributed by atoms with Crippen LogP contribution in [0.4, 0.5) is 11.5 Å². The second-order valence-electron chi connectivity index (χ2n) is 17.6. The summed E-state index contributed by atoms with van der Waals surface area (Å²) in [6.45, 7) is 9.41. The van der Waals surface area contributed by atoms with Crippen molar-refractivity contribution in [2.75, 3.05) is 68.7 Å². The zero-order valence-corrected chi connectivity index (χ0v) is 33.9. The minimum Gasteiger partial charge on any atom is -0.488 e. The van der Waals surface area contributed by atoms with E-state index in [1.807, 2.05) is 35.2 Å². The molecule has 16 heteroatoms. The second-order valence-corrected chi connectivity index (χ2v) is 17.6. The van der Waals surface area contributed by atoms with Gasteiger partial charge in [-0.25, -0.2) is 9.97 Å². The molecule has 0 bridgehead atoms. The van der Waals surface area contributed by atoms with E-state index in [1.54, 1.807) is 18.5 Å². The minimum atomic E-state index is -0.972. The standard InChI is InChI=1S/C44H50N10O6/c1-44(12-13-44)60-30-3-5-34-33(23-30)39(49-48-34)35-24-37(46-26-45-35)52-18-20-53(21-19-52)41(57)28-10-14-50(15-11-28)25-27-8-16-51(17-9-27)29-2-4-31-32(22-29)43(59)54(42(31)58)36-6-7-38(55)47-40(36)56/h2-5,22-24,26-28,36H,6-21,25H2,1H3,(H,48,49)(H,47,55,56). The molecule has 16 nitrogen and oxygen atoms in total. The molecular weight excluding hydrogens is 765 g/mol. The zero-order valence-electron chi connectivity index (χ0n) is 33.9. The number of amides is 5. The Bertz CT molecular complexity index is 2370. The van der Waals surface area contributed by atoms with Gasteiger partial charge in [0.25, 0.3) is 11.8 Å². The number of carbonyl (C=O) groups is 5. The van der Waals surface area contributed by atoms with Crippen molar-refractivity contribution in [1.29, 1.82) is 0 Å². The predicted octanol–water partition coefficient (Wildman–Crippen LogP) is 3.63. The van der Waals surface area contributed by atoms with Gasteiger partial charge in [-0.2, -0.15) is 5.10 Å². The number of ether oxygens (including phenoxy) is 1. The number of aromatic amines is 1. The van der Waals surface area contributed by atoms with Gasteiger partial charge in [-0.3, -0.25) is 39.3 Å². The van der Waals surface area contributed by atoms with E-state index in [0.717, 1.165) is 116 Å². The van der Waals surface area contributed by atoms with Crippen molar-refractivity contribution in [2.45, 2.75) is 69.9 Å². The summed E-state index contributed by atoms with van der Waals surface area (Å²) >= 11 is 0. The predicted molar refractivity (Wildman–Crippen MR) is 221 cm³/mol. The fraction of sp³-hybridized carbons (Fsp3) is 0.500. The highest BCUT2D eigenvalue weighted by molar-refractivity contribution is 6.23. The van der Waals surface area contributed by atoms with Crippen molar-refractivity contribution in [2.24, 2.45) is 11.8 Å². The fourth-order valence-electron chi connectivity index (χ4n) is 9.64. The number of nitrogens with one attached hydrogen (secondary N) is 2. The number of hydrogen-bond donors (Lipinski definition) is 2. The molecular formula is C44H50N10O6. The monoisotopic (exact) mass is 814 g/mol. The number of piperidine rings is 3. The van der Waals surface area contributed by atoms with Crippen LogP contribution in [-0.2, 0) is 14.4 Å². The van der Waals surface area contributed by atoms with E-state index in [9.17, 15) is 24.0 Å². The molecule has 312 valence electrons. The molecule has 0 spiro atoms. The van der Waals surface area contributed by atoms with Gasteiger partial charge < -0.3 is 24.3 Å². The number of H-pyrrole nitrogens is 1. The van der Waals surface area contributed by atoms with Gasteiger partial charge in [0.15, 0.2) is 0 Å². The number of likely N-dealkylation sites (tertiary alicyclic amines) is 1. The first-order chi connectivity index (χ1) is 29.1. The van der Waals surface area contributed by atoms with Crippen molar-refractivity contribution >= 4 is 51.9 Å². The summed E-state index contributed by atoms with van der Waals surface area (Å²) in [5, 5.41) is 10.9. The number of imide groups is 2. The van der Waals surface area contributed by atoms with Crippen LogP contribution in [0.5, 0.6) is 5.75 Å². The molecule has 5 fully saturated rings. The first kappa shape index (κ1) is 38.3. The maximum absolute atomic E-state index is 13.7. The van der Waals surface area contributed by atoms with Crippen LogP contribution < -0.4 is 19.9 Å². The molecule has 1 unspecified atom stereocenters. The SMILES string of the molecule is CC1(Oc2ccc3n[nH]c(-c4cc(N5CCN(C(=O)C6CCN(CC7CCN(c8ccc9c(c8)C(=O)N(C8CCC(=O)NC8=O)C9=O)CC7)CC6)CC5)ncn4)c3c2)CC1. The number of benzene rings is 2. The van der Waals surface area contributed by atoms with Crippen LogP contribution in [0.25, 0.3) is 22.3 Å². The number of hydrogen-bond acceptors (Lipinski definition) is 12. The van der Waals surface area contributed by atoms with Crippen molar-refractivity contribution in [3.63, 3.8) is 0 Å². The molecule has 0 radical (unpaired) electrons. The van der Waals surface area contributed by atoms with Gasteiger partial charge in [-0.05, 0) is 107 Å². The minimum absolute atomic E-state index is 0.0469. The van der Waals surface area contributed by atoms with Crippen LogP contribution in [0.2, 0.25) is 0 Å². The Morgan fingerprint density at radius 1 is 0.817 bits per heavy atom. The molecule has 5 amide bonds. The second kappa shape index (κ2) is 15.3. The molecule has 6 aliphatic rings. The summed E-state index contributed by atoms with van der Waals surface area (Å²) in [5.74, 6) is 0.564. The molecule has 7 heterocycles. The Morgan fingerprint density at radius 3 is 2.33 bits per heavy atom. The number of fused-ring (bicyclic) bond motifs is 2. The lowest BCUT2D eigenvalue weighted by atomic mass is 9.91. The third-order valence-electron chi connectivity index (χ3n) is 13.5. The van der Waals surface area contributed by atoms with E-state index in [2.05, 4.69) is 47.1 Å². The van der Waals surface area contributed by atoms with E-state index in [-0.39, 0.29) is 36.2 Å². The number of aromatic nitrogens is 4. The number of rotatable bonds is 9. The molecule has 2 aromatic heterocycles. The highest BCUT2D eigenvalue weighted by atomic mass is 16.5. The van der Waals surface area contributed by atoms with Gasteiger partial charge in [0, 0.05) is 75.3 Å². The summed E-state index contributed by atoms with van der Waals surface area (Å²) < 4.78 is 6.21. The lowest BCUT2D eigenvalue weighted by Crippen LogP contribution is -2.54. The normalized spacial score (nSPS) is 22.7. The number of nitrogens with zero attached hydrogens (tertiary/aromatic N) is 8. The summed E-state index contributed by atoms with van der Waals surface area (Å²) in [7, 11) is 0. The van der Waals surface area contributed by atoms with Crippen LogP contribution in [0, 0.1) is 11.8 Å². The van der Waals surface area contributed by atoms with Gasteiger partial charge in [0.1, 0.15) is 29.5 Å². The van der Waals surface area contributed by atoms with Crippen molar-refractivity contribution in [3.8, 4) is 17.1 Å². The average molecular weight is 815 g/mol. The smallest absolute Gasteiger partial charge is 0.262 e. The molecule has 1 saturated carbocycles. The van der Waals surface area contributed by atoms with Gasteiger partial charge >= 0.3 is 0 Å². The summed E-state index contributed by atoms with van der Waals surface area (Å²) in [6, 6.07) is 12.4. The van der Waals surface area contributed by atoms with E-state index in [1.165, 1.54) is 0 Å². The first-order valence-corrected chi connectivity index (χ1v) is 21.5. The maximum atomic E-state index is 13.7. The molecule has 1 aliphatic carbocycles. The Hall–Kier alpha value is -5.90. The summed E-state index contributed by atoms with van der Waals surface area (Å²) in [4.78, 5) is 83.5. The van der Waals surface area contributed by atoms with Crippen LogP contribution in [-0.4, -0.2) is 135 Å². The molecule has 2 N–H and O–H groups in total. The third kappa shape index (κ3) is 7.34. The quantitative estimate of drug-likeness (QED) is 0.235. The van der Waals surface area contributed by atoms with Crippen LogP contribution in [0.1, 0.15) is 79.0 Å². The Kier molecular flexibility index (Phi) is 9.76. The molecule has 10 rings (SSSR count). The summed E-state index contributed by atoms with van der Waals surface area (Å²) in [6.07, 6.45) is 7.72. The van der Waals surface area contributed by atoms with Crippen molar-refractivity contribution in [1.82, 2.24) is 40.2 Å². The van der Waals surface area contributed by atoms with E-state index in [4.69, 9.17) is 4.74 Å². The molecule has 1 atom stereocenters. The van der Waals surface area contributed by atoms with Crippen molar-refractivity contribution in [3.05, 3.63) is 59.9 Å². The van der Waals surface area contributed by atoms with Gasteiger partial charge in [0.2, 0.25) is 17.7 Å². The average Bonchev–Trinajstić information content (AvgIpc) is 3.75. The number of carbonyl (C=O) groups excluding carboxylic acids is 5. The van der Waals surface area contributed by atoms with E-state index < -0.39 is 23.8 Å². The Balaban J connectivity index is 0.679. The molecule has 4 saturated heterocycles.